The van der Waals surface area contributed by atoms with Crippen molar-refractivity contribution in [3.05, 3.63) is 77.0 Å². The number of hydrogen-bond acceptors (Lipinski definition) is 7. The van der Waals surface area contributed by atoms with Gasteiger partial charge in [-0.2, -0.15) is 0 Å². The third-order valence-corrected chi connectivity index (χ3v) is 6.24. The molecule has 0 saturated heterocycles. The van der Waals surface area contributed by atoms with Gasteiger partial charge in [0.25, 0.3) is 11.8 Å². The predicted octanol–water partition coefficient (Wildman–Crippen LogP) is 3.88. The van der Waals surface area contributed by atoms with Crippen LogP contribution in [0.4, 0.5) is 5.69 Å². The van der Waals surface area contributed by atoms with E-state index in [9.17, 15) is 19.5 Å². The van der Waals surface area contributed by atoms with E-state index in [1.807, 2.05) is 13.8 Å². The average molecular weight is 561 g/mol. The summed E-state index contributed by atoms with van der Waals surface area (Å²) in [6, 6.07) is 13.6. The lowest BCUT2D eigenvalue weighted by molar-refractivity contribution is 0.0697. The largest absolute Gasteiger partial charge is 0.478 e. The molecule has 0 aliphatic rings. The van der Waals surface area contributed by atoms with Crippen LogP contribution in [0.1, 0.15) is 70.4 Å². The third-order valence-electron chi connectivity index (χ3n) is 6.24. The summed E-state index contributed by atoms with van der Waals surface area (Å²) in [4.78, 5) is 43.1. The van der Waals surface area contributed by atoms with E-state index in [2.05, 4.69) is 15.6 Å². The van der Waals surface area contributed by atoms with Gasteiger partial charge in [-0.15, -0.1) is 0 Å². The van der Waals surface area contributed by atoms with Gasteiger partial charge in [-0.25, -0.2) is 9.78 Å². The Morgan fingerprint density at radius 3 is 2.24 bits per heavy atom. The number of carbonyl (C=O) groups excluding carboxylic acids is 2. The van der Waals surface area contributed by atoms with Crippen LogP contribution in [0.3, 0.4) is 0 Å². The van der Waals surface area contributed by atoms with E-state index >= 15 is 0 Å². The number of pyridine rings is 1. The Morgan fingerprint density at radius 1 is 1.00 bits per heavy atom. The first kappa shape index (κ1) is 30.8. The van der Waals surface area contributed by atoms with Gasteiger partial charge in [0.15, 0.2) is 0 Å². The van der Waals surface area contributed by atoms with Crippen molar-refractivity contribution in [1.82, 2.24) is 10.3 Å². The maximum absolute atomic E-state index is 13.4. The van der Waals surface area contributed by atoms with Crippen molar-refractivity contribution < 1.29 is 24.2 Å². The van der Waals surface area contributed by atoms with Crippen molar-refractivity contribution >= 4 is 29.3 Å². The molecular weight excluding hydrogens is 524 g/mol. The van der Waals surface area contributed by atoms with Gasteiger partial charge in [0.05, 0.1) is 12.2 Å². The van der Waals surface area contributed by atoms with E-state index in [1.54, 1.807) is 43.3 Å². The third kappa shape index (κ3) is 8.12. The number of nitrogen functional groups attached to an aromatic ring is 1. The van der Waals surface area contributed by atoms with Crippen LogP contribution in [0.5, 0.6) is 5.88 Å². The number of aromatic carboxylic acids is 1. The molecule has 2 amide bonds. The minimum Gasteiger partial charge on any atom is -0.478 e. The summed E-state index contributed by atoms with van der Waals surface area (Å²) in [6.45, 7) is 6.59. The number of nitrogens with zero attached hydrogens (tertiary/aromatic N) is 1. The summed E-state index contributed by atoms with van der Waals surface area (Å²) in [6.07, 6.45) is 1.34. The number of hydrogen-bond donors (Lipinski definition) is 6. The molecule has 3 rings (SSSR count). The summed E-state index contributed by atoms with van der Waals surface area (Å²) < 4.78 is 5.49. The molecule has 216 valence electrons. The highest BCUT2D eigenvalue weighted by Gasteiger charge is 2.23. The van der Waals surface area contributed by atoms with Crippen molar-refractivity contribution in [2.24, 2.45) is 17.4 Å². The van der Waals surface area contributed by atoms with E-state index in [-0.39, 0.29) is 45.7 Å². The number of nitrogens with one attached hydrogen (secondary N) is 3. The summed E-state index contributed by atoms with van der Waals surface area (Å²) in [5, 5.41) is 23.3. The van der Waals surface area contributed by atoms with Gasteiger partial charge in [0.2, 0.25) is 5.88 Å². The van der Waals surface area contributed by atoms with Crippen LogP contribution in [0.15, 0.2) is 54.6 Å². The van der Waals surface area contributed by atoms with Crippen LogP contribution in [0.2, 0.25) is 0 Å². The van der Waals surface area contributed by atoms with Gasteiger partial charge < -0.3 is 31.9 Å². The van der Waals surface area contributed by atoms with Crippen molar-refractivity contribution in [2.75, 3.05) is 18.5 Å². The minimum atomic E-state index is -1.27. The summed E-state index contributed by atoms with van der Waals surface area (Å²) >= 11 is 0. The highest BCUT2D eigenvalue weighted by Crippen LogP contribution is 2.30. The molecule has 0 saturated carbocycles. The number of carboxylic acids is 1. The Kier molecular flexibility index (Phi) is 10.5. The van der Waals surface area contributed by atoms with Crippen molar-refractivity contribution in [1.29, 1.82) is 5.41 Å². The number of carbonyl (C=O) groups is 3. The molecule has 1 unspecified atom stereocenters. The van der Waals surface area contributed by atoms with E-state index in [1.165, 1.54) is 18.2 Å². The van der Waals surface area contributed by atoms with E-state index in [0.717, 1.165) is 6.42 Å². The first-order valence-electron chi connectivity index (χ1n) is 13.3. The molecule has 2 aromatic carbocycles. The normalized spacial score (nSPS) is 11.5. The Morgan fingerprint density at radius 2 is 1.66 bits per heavy atom. The molecule has 0 bridgehead atoms. The molecule has 41 heavy (non-hydrogen) atoms. The van der Waals surface area contributed by atoms with Gasteiger partial charge in [-0.1, -0.05) is 19.9 Å². The molecular formula is C30H36N6O5. The van der Waals surface area contributed by atoms with Crippen molar-refractivity contribution in [2.45, 2.75) is 39.7 Å². The molecule has 0 spiro atoms. The molecule has 11 nitrogen and oxygen atoms in total. The number of amides is 2. The zero-order valence-electron chi connectivity index (χ0n) is 23.4. The lowest BCUT2D eigenvalue weighted by atomic mass is 9.95. The first-order chi connectivity index (χ1) is 19.5. The summed E-state index contributed by atoms with van der Waals surface area (Å²) in [5.41, 5.74) is 12.5. The predicted molar refractivity (Wildman–Crippen MR) is 158 cm³/mol. The molecule has 0 fully saturated rings. The van der Waals surface area contributed by atoms with Crippen LogP contribution in [-0.2, 0) is 0 Å². The Bertz CT molecular complexity index is 1420. The number of nitrogens with two attached hydrogens (primary N) is 2. The fraction of sp³-hybridized carbons (Fsp3) is 0.300. The summed E-state index contributed by atoms with van der Waals surface area (Å²) in [7, 11) is 0. The van der Waals surface area contributed by atoms with Gasteiger partial charge in [0.1, 0.15) is 11.5 Å². The standard InChI is InChI=1S/C30H36N6O5/c1-4-41-25-12-11-23(26(36-25)29(38)34-20-8-5-18(6-9-20)27(32)33)22-10-7-19(16-24(22)30(39)40)28(37)35-21(13-14-31)15-17(2)3/h5-12,16-17,21H,4,13-15,31H2,1-3H3,(H3,32,33)(H,34,38)(H,35,37)(H,39,40). The summed E-state index contributed by atoms with van der Waals surface area (Å²) in [5.74, 6) is -1.85. The second-order valence-corrected chi connectivity index (χ2v) is 9.87. The van der Waals surface area contributed by atoms with Crippen molar-refractivity contribution in [3.8, 4) is 17.0 Å². The Hall–Kier alpha value is -4.77. The van der Waals surface area contributed by atoms with Crippen LogP contribution in [0, 0.1) is 11.3 Å². The molecule has 3 aromatic rings. The zero-order valence-corrected chi connectivity index (χ0v) is 23.4. The monoisotopic (exact) mass is 560 g/mol. The second-order valence-electron chi connectivity index (χ2n) is 9.87. The molecule has 1 atom stereocenters. The number of carboxylic acid groups (broad SMARTS) is 1. The van der Waals surface area contributed by atoms with Gasteiger partial charge in [0, 0.05) is 34.5 Å². The van der Waals surface area contributed by atoms with Crippen molar-refractivity contribution in [3.63, 3.8) is 0 Å². The number of anilines is 1. The van der Waals surface area contributed by atoms with E-state index < -0.39 is 17.8 Å². The molecule has 0 radical (unpaired) electrons. The lowest BCUT2D eigenvalue weighted by Crippen LogP contribution is -2.37. The molecule has 0 aliphatic carbocycles. The number of benzene rings is 2. The fourth-order valence-corrected chi connectivity index (χ4v) is 4.37. The topological polar surface area (TPSA) is 194 Å². The number of ether oxygens (including phenoxy) is 1. The number of rotatable bonds is 13. The first-order valence-corrected chi connectivity index (χ1v) is 13.3. The van der Waals surface area contributed by atoms with Gasteiger partial charge in [-0.3, -0.25) is 15.0 Å². The lowest BCUT2D eigenvalue weighted by Gasteiger charge is -2.20. The highest BCUT2D eigenvalue weighted by molar-refractivity contribution is 6.10. The maximum Gasteiger partial charge on any atom is 0.336 e. The highest BCUT2D eigenvalue weighted by atomic mass is 16.5. The Labute approximate surface area is 238 Å². The molecule has 11 heteroatoms. The fourth-order valence-electron chi connectivity index (χ4n) is 4.37. The van der Waals surface area contributed by atoms with E-state index in [0.29, 0.717) is 36.7 Å². The molecule has 1 heterocycles. The number of aromatic nitrogens is 1. The second kappa shape index (κ2) is 14.0. The Balaban J connectivity index is 2.01. The van der Waals surface area contributed by atoms with Crippen LogP contribution < -0.4 is 26.8 Å². The molecule has 0 aliphatic heterocycles. The number of amidine groups is 1. The van der Waals surface area contributed by atoms with Crippen LogP contribution in [-0.4, -0.2) is 52.9 Å². The van der Waals surface area contributed by atoms with Gasteiger partial charge in [-0.05, 0) is 80.3 Å². The van der Waals surface area contributed by atoms with E-state index in [4.69, 9.17) is 21.6 Å². The smallest absolute Gasteiger partial charge is 0.336 e. The van der Waals surface area contributed by atoms with Crippen LogP contribution in [0.25, 0.3) is 11.1 Å². The molecule has 8 N–H and O–H groups in total. The molecule has 1 aromatic heterocycles. The average Bonchev–Trinajstić information content (AvgIpc) is 2.93. The van der Waals surface area contributed by atoms with Crippen LogP contribution >= 0.6 is 0 Å². The quantitative estimate of drug-likeness (QED) is 0.134. The minimum absolute atomic E-state index is 0.0637. The maximum atomic E-state index is 13.4. The SMILES string of the molecule is CCOc1ccc(-c2ccc(C(=O)NC(CCN)CC(C)C)cc2C(=O)O)c(C(=O)Nc2ccc(C(=N)N)cc2)n1. The van der Waals surface area contributed by atoms with Gasteiger partial charge >= 0.3 is 5.97 Å². The zero-order chi connectivity index (χ0) is 30.1.